The second-order valence-electron chi connectivity index (χ2n) is 4.46. The molecule has 0 aliphatic heterocycles. The zero-order valence-electron chi connectivity index (χ0n) is 11.1. The van der Waals surface area contributed by atoms with Gasteiger partial charge in [-0.05, 0) is 25.8 Å². The molecule has 0 saturated carbocycles. The Hall–Kier alpha value is -1.91. The summed E-state index contributed by atoms with van der Waals surface area (Å²) in [5, 5.41) is 0. The Labute approximate surface area is 111 Å². The number of nitrogens with zero attached hydrogens (tertiary/aromatic N) is 1. The molecule has 0 amide bonds. The van der Waals surface area contributed by atoms with Gasteiger partial charge in [0.25, 0.3) is 0 Å². The predicted molar refractivity (Wildman–Crippen MR) is 68.2 cm³/mol. The maximum atomic E-state index is 12.2. The lowest BCUT2D eigenvalue weighted by Crippen LogP contribution is -2.26. The Bertz CT molecular complexity index is 498. The van der Waals surface area contributed by atoms with E-state index < -0.39 is 0 Å². The Kier molecular flexibility index (Phi) is 4.14. The highest BCUT2D eigenvalue weighted by molar-refractivity contribution is 6.01. The molecule has 1 unspecified atom stereocenters. The van der Waals surface area contributed by atoms with Gasteiger partial charge in [-0.3, -0.25) is 9.59 Å². The first-order valence-electron chi connectivity index (χ1n) is 6.39. The van der Waals surface area contributed by atoms with Crippen molar-refractivity contribution < 1.29 is 19.1 Å². The van der Waals surface area contributed by atoms with Gasteiger partial charge in [0.05, 0.1) is 25.8 Å². The van der Waals surface area contributed by atoms with Gasteiger partial charge in [-0.1, -0.05) is 0 Å². The zero-order chi connectivity index (χ0) is 13.8. The van der Waals surface area contributed by atoms with Crippen molar-refractivity contribution in [3.63, 3.8) is 0 Å². The van der Waals surface area contributed by atoms with Crippen molar-refractivity contribution in [1.82, 2.24) is 4.98 Å². The number of ketones is 1. The van der Waals surface area contributed by atoms with Gasteiger partial charge in [-0.2, -0.15) is 0 Å². The smallest absolute Gasteiger partial charge is 0.306 e. The molecule has 0 bridgehead atoms. The van der Waals surface area contributed by atoms with Crippen LogP contribution < -0.4 is 4.74 Å². The normalized spacial score (nSPS) is 17.8. The van der Waals surface area contributed by atoms with Crippen molar-refractivity contribution in [3.05, 3.63) is 23.4 Å². The summed E-state index contributed by atoms with van der Waals surface area (Å²) in [5.41, 5.74) is 1.36. The van der Waals surface area contributed by atoms with E-state index >= 15 is 0 Å². The van der Waals surface area contributed by atoms with Crippen LogP contribution in [0.3, 0.4) is 0 Å². The number of fused-ring (bicyclic) bond motifs is 1. The summed E-state index contributed by atoms with van der Waals surface area (Å²) < 4.78 is 9.93. The van der Waals surface area contributed by atoms with Crippen molar-refractivity contribution in [2.45, 2.75) is 26.2 Å². The summed E-state index contributed by atoms with van der Waals surface area (Å²) >= 11 is 0. The molecule has 0 fully saturated rings. The van der Waals surface area contributed by atoms with Crippen LogP contribution in [0.1, 0.15) is 35.8 Å². The van der Waals surface area contributed by atoms with Gasteiger partial charge in [0.15, 0.2) is 5.78 Å². The van der Waals surface area contributed by atoms with Crippen molar-refractivity contribution in [1.29, 1.82) is 0 Å². The number of pyridine rings is 1. The van der Waals surface area contributed by atoms with Crippen LogP contribution in [-0.2, 0) is 16.0 Å². The van der Waals surface area contributed by atoms with E-state index in [1.54, 1.807) is 12.1 Å². The quantitative estimate of drug-likeness (QED) is 0.775. The average molecular weight is 263 g/mol. The molecule has 2 rings (SSSR count). The van der Waals surface area contributed by atoms with Gasteiger partial charge in [0.1, 0.15) is 0 Å². The molecule has 1 aromatic heterocycles. The van der Waals surface area contributed by atoms with Crippen molar-refractivity contribution >= 4 is 11.8 Å². The fourth-order valence-electron chi connectivity index (χ4n) is 2.27. The molecule has 5 nitrogen and oxygen atoms in total. The maximum absolute atomic E-state index is 12.2. The number of aryl methyl sites for hydroxylation is 1. The molecule has 102 valence electrons. The lowest BCUT2D eigenvalue weighted by atomic mass is 9.83. The molecule has 1 aliphatic carbocycles. The highest BCUT2D eigenvalue weighted by Gasteiger charge is 2.30. The molecule has 0 saturated heterocycles. The summed E-state index contributed by atoms with van der Waals surface area (Å²) in [7, 11) is 1.33. The molecule has 0 radical (unpaired) electrons. The van der Waals surface area contributed by atoms with E-state index in [0.29, 0.717) is 30.9 Å². The molecule has 0 N–H and O–H groups in total. The highest BCUT2D eigenvalue weighted by atomic mass is 16.5. The number of carbonyl (C=O) groups excluding carboxylic acids is 2. The summed E-state index contributed by atoms with van der Waals surface area (Å²) in [5.74, 6) is -0.122. The molecular weight excluding hydrogens is 246 g/mol. The highest BCUT2D eigenvalue weighted by Crippen LogP contribution is 2.28. The average Bonchev–Trinajstić information content (AvgIpc) is 2.42. The van der Waals surface area contributed by atoms with Gasteiger partial charge in [0, 0.05) is 17.5 Å². The fraction of sp³-hybridized carbons (Fsp3) is 0.500. The van der Waals surface area contributed by atoms with Gasteiger partial charge in [0.2, 0.25) is 5.88 Å². The van der Waals surface area contributed by atoms with Gasteiger partial charge in [-0.25, -0.2) is 4.98 Å². The standard InChI is InChI=1S/C14H17NO4/c1-3-19-12-7-5-10-11(15-12)6-4-9(14(10)17)8-13(16)18-2/h5,7,9H,3-4,6,8H2,1-2H3. The molecule has 1 atom stereocenters. The molecule has 5 heteroatoms. The SMILES string of the molecule is CCOc1ccc2c(n1)CCC(CC(=O)OC)C2=O. The monoisotopic (exact) mass is 263 g/mol. The fourth-order valence-corrected chi connectivity index (χ4v) is 2.27. The predicted octanol–water partition coefficient (Wildman–Crippen LogP) is 1.79. The first kappa shape index (κ1) is 13.5. The van der Waals surface area contributed by atoms with E-state index in [4.69, 9.17) is 4.74 Å². The van der Waals surface area contributed by atoms with Crippen LogP contribution in [0.4, 0.5) is 0 Å². The van der Waals surface area contributed by atoms with Crippen LogP contribution in [-0.4, -0.2) is 30.5 Å². The van der Waals surface area contributed by atoms with Crippen LogP contribution in [0.2, 0.25) is 0 Å². The minimum atomic E-state index is -0.347. The van der Waals surface area contributed by atoms with Crippen molar-refractivity contribution in [2.24, 2.45) is 5.92 Å². The number of rotatable bonds is 4. The Morgan fingerprint density at radius 1 is 1.47 bits per heavy atom. The van der Waals surface area contributed by atoms with Gasteiger partial charge in [-0.15, -0.1) is 0 Å². The van der Waals surface area contributed by atoms with E-state index in [9.17, 15) is 9.59 Å². The summed E-state index contributed by atoms with van der Waals surface area (Å²) in [6.45, 7) is 2.43. The molecule has 0 spiro atoms. The van der Waals surface area contributed by atoms with Gasteiger partial charge >= 0.3 is 5.97 Å². The molecular formula is C14H17NO4. The minimum Gasteiger partial charge on any atom is -0.478 e. The van der Waals surface area contributed by atoms with E-state index in [2.05, 4.69) is 9.72 Å². The zero-order valence-corrected chi connectivity index (χ0v) is 11.1. The number of carbonyl (C=O) groups is 2. The second kappa shape index (κ2) is 5.82. The van der Waals surface area contributed by atoms with Crippen LogP contribution in [0.25, 0.3) is 0 Å². The summed E-state index contributed by atoms with van der Waals surface area (Å²) in [6.07, 6.45) is 1.45. The summed E-state index contributed by atoms with van der Waals surface area (Å²) in [4.78, 5) is 27.8. The van der Waals surface area contributed by atoms with Crippen LogP contribution in [0.15, 0.2) is 12.1 Å². The Morgan fingerprint density at radius 2 is 2.26 bits per heavy atom. The molecule has 19 heavy (non-hydrogen) atoms. The van der Waals surface area contributed by atoms with E-state index in [1.807, 2.05) is 6.92 Å². The maximum Gasteiger partial charge on any atom is 0.306 e. The van der Waals surface area contributed by atoms with Crippen LogP contribution >= 0.6 is 0 Å². The Morgan fingerprint density at radius 3 is 2.95 bits per heavy atom. The molecule has 0 aromatic carbocycles. The topological polar surface area (TPSA) is 65.5 Å². The minimum absolute atomic E-state index is 0.0257. The van der Waals surface area contributed by atoms with Gasteiger partial charge < -0.3 is 9.47 Å². The number of methoxy groups -OCH3 is 1. The number of hydrogen-bond donors (Lipinski definition) is 0. The molecule has 1 aromatic rings. The molecule has 1 aliphatic rings. The third kappa shape index (κ3) is 2.92. The number of Topliss-reactive ketones (excluding diaryl/α,β-unsaturated/α-hetero) is 1. The number of hydrogen-bond acceptors (Lipinski definition) is 5. The Balaban J connectivity index is 2.17. The van der Waals surface area contributed by atoms with E-state index in [0.717, 1.165) is 5.69 Å². The third-order valence-electron chi connectivity index (χ3n) is 3.25. The second-order valence-corrected chi connectivity index (χ2v) is 4.46. The van der Waals surface area contributed by atoms with Crippen molar-refractivity contribution in [3.8, 4) is 5.88 Å². The lowest BCUT2D eigenvalue weighted by molar-refractivity contribution is -0.141. The third-order valence-corrected chi connectivity index (χ3v) is 3.25. The number of ether oxygens (including phenoxy) is 2. The van der Waals surface area contributed by atoms with E-state index in [1.165, 1.54) is 7.11 Å². The largest absolute Gasteiger partial charge is 0.478 e. The lowest BCUT2D eigenvalue weighted by Gasteiger charge is -2.22. The number of aromatic nitrogens is 1. The first-order chi connectivity index (χ1) is 9.15. The first-order valence-corrected chi connectivity index (χ1v) is 6.39. The van der Waals surface area contributed by atoms with Crippen LogP contribution in [0, 0.1) is 5.92 Å². The van der Waals surface area contributed by atoms with Crippen molar-refractivity contribution in [2.75, 3.05) is 13.7 Å². The number of esters is 1. The molecule has 1 heterocycles. The van der Waals surface area contributed by atoms with Crippen LogP contribution in [0.5, 0.6) is 5.88 Å². The van der Waals surface area contributed by atoms with E-state index in [-0.39, 0.29) is 24.1 Å². The summed E-state index contributed by atoms with van der Waals surface area (Å²) in [6, 6.07) is 3.43.